The minimum atomic E-state index is -0.343. The molecule has 1 heterocycles. The lowest BCUT2D eigenvalue weighted by molar-refractivity contribution is -0.123. The van der Waals surface area contributed by atoms with Gasteiger partial charge in [-0.2, -0.15) is 5.10 Å². The first-order valence-corrected chi connectivity index (χ1v) is 7.45. The predicted octanol–water partition coefficient (Wildman–Crippen LogP) is 3.48. The summed E-state index contributed by atoms with van der Waals surface area (Å²) in [7, 11) is 0. The molecule has 1 amide bonds. The molecule has 3 rings (SSSR count). The number of nitrogens with zero attached hydrogens (tertiary/aromatic N) is 1. The van der Waals surface area contributed by atoms with E-state index in [0.717, 1.165) is 11.1 Å². The molecule has 0 radical (unpaired) electrons. The van der Waals surface area contributed by atoms with E-state index in [1.165, 1.54) is 12.5 Å². The Hall–Kier alpha value is -3.34. The van der Waals surface area contributed by atoms with Crippen molar-refractivity contribution in [1.29, 1.82) is 0 Å². The van der Waals surface area contributed by atoms with E-state index in [-0.39, 0.29) is 12.5 Å². The summed E-state index contributed by atoms with van der Waals surface area (Å²) in [6.07, 6.45) is 2.96. The molecule has 0 fully saturated rings. The molecule has 24 heavy (non-hydrogen) atoms. The number of hydrogen-bond acceptors (Lipinski definition) is 4. The van der Waals surface area contributed by atoms with Crippen LogP contribution in [-0.4, -0.2) is 18.7 Å². The second kappa shape index (κ2) is 7.78. The maximum absolute atomic E-state index is 11.7. The summed E-state index contributed by atoms with van der Waals surface area (Å²) >= 11 is 0. The zero-order valence-electron chi connectivity index (χ0n) is 12.9. The summed E-state index contributed by atoms with van der Waals surface area (Å²) < 4.78 is 10.5. The lowest BCUT2D eigenvalue weighted by atomic mass is 10.1. The number of furan rings is 1. The molecule has 0 aliphatic heterocycles. The average molecular weight is 320 g/mol. The fourth-order valence-electron chi connectivity index (χ4n) is 2.09. The highest BCUT2D eigenvalue weighted by Crippen LogP contribution is 2.21. The van der Waals surface area contributed by atoms with Crippen molar-refractivity contribution in [2.45, 2.75) is 0 Å². The number of carbonyl (C=O) groups is 1. The van der Waals surface area contributed by atoms with Crippen molar-refractivity contribution in [1.82, 2.24) is 5.43 Å². The van der Waals surface area contributed by atoms with Crippen molar-refractivity contribution >= 4 is 12.1 Å². The van der Waals surface area contributed by atoms with Crippen LogP contribution in [0.1, 0.15) is 5.76 Å². The number of ether oxygens (including phenoxy) is 1. The molecule has 0 spiro atoms. The van der Waals surface area contributed by atoms with Gasteiger partial charge < -0.3 is 9.15 Å². The van der Waals surface area contributed by atoms with Crippen molar-refractivity contribution in [3.05, 3.63) is 78.8 Å². The van der Waals surface area contributed by atoms with Crippen molar-refractivity contribution < 1.29 is 13.9 Å². The van der Waals surface area contributed by atoms with Crippen LogP contribution >= 0.6 is 0 Å². The van der Waals surface area contributed by atoms with E-state index in [2.05, 4.69) is 10.5 Å². The zero-order valence-corrected chi connectivity index (χ0v) is 12.9. The molecule has 0 saturated carbocycles. The molecule has 0 atom stereocenters. The summed E-state index contributed by atoms with van der Waals surface area (Å²) in [5, 5.41) is 3.78. The number of amides is 1. The predicted molar refractivity (Wildman–Crippen MR) is 91.8 cm³/mol. The lowest BCUT2D eigenvalue weighted by Crippen LogP contribution is -2.24. The van der Waals surface area contributed by atoms with Gasteiger partial charge in [-0.15, -0.1) is 0 Å². The number of carbonyl (C=O) groups excluding carboxylic acids is 1. The summed E-state index contributed by atoms with van der Waals surface area (Å²) in [6.45, 7) is -0.111. The Labute approximate surface area is 139 Å². The highest BCUT2D eigenvalue weighted by molar-refractivity contribution is 5.81. The molecule has 0 unspecified atom stereocenters. The van der Waals surface area contributed by atoms with Crippen LogP contribution < -0.4 is 10.2 Å². The fraction of sp³-hybridized carbons (Fsp3) is 0.0526. The zero-order chi connectivity index (χ0) is 16.6. The van der Waals surface area contributed by atoms with Gasteiger partial charge in [0.2, 0.25) is 0 Å². The maximum Gasteiger partial charge on any atom is 0.277 e. The third-order valence-electron chi connectivity index (χ3n) is 3.26. The molecule has 0 aliphatic carbocycles. The van der Waals surface area contributed by atoms with Gasteiger partial charge >= 0.3 is 0 Å². The van der Waals surface area contributed by atoms with Crippen molar-refractivity contribution in [3.8, 4) is 16.9 Å². The van der Waals surface area contributed by atoms with Gasteiger partial charge in [-0.3, -0.25) is 4.79 Å². The topological polar surface area (TPSA) is 63.8 Å². The van der Waals surface area contributed by atoms with Gasteiger partial charge in [0.25, 0.3) is 5.91 Å². The average Bonchev–Trinajstić information content (AvgIpc) is 3.15. The highest BCUT2D eigenvalue weighted by atomic mass is 16.5. The van der Waals surface area contributed by atoms with E-state index < -0.39 is 0 Å². The molecule has 1 aromatic heterocycles. The second-order valence-corrected chi connectivity index (χ2v) is 4.99. The van der Waals surface area contributed by atoms with Gasteiger partial charge in [0, 0.05) is 0 Å². The van der Waals surface area contributed by atoms with Crippen LogP contribution in [0.25, 0.3) is 11.1 Å². The van der Waals surface area contributed by atoms with Crippen molar-refractivity contribution in [3.63, 3.8) is 0 Å². The molecule has 5 nitrogen and oxygen atoms in total. The van der Waals surface area contributed by atoms with Crippen molar-refractivity contribution in [2.24, 2.45) is 5.10 Å². The summed E-state index contributed by atoms with van der Waals surface area (Å²) in [4.78, 5) is 11.7. The first-order valence-electron chi connectivity index (χ1n) is 7.45. The fourth-order valence-corrected chi connectivity index (χ4v) is 2.09. The first kappa shape index (κ1) is 15.6. The number of hydrazone groups is 1. The monoisotopic (exact) mass is 320 g/mol. The van der Waals surface area contributed by atoms with Gasteiger partial charge in [0.05, 0.1) is 12.5 Å². The van der Waals surface area contributed by atoms with E-state index in [4.69, 9.17) is 9.15 Å². The molecule has 0 bridgehead atoms. The second-order valence-electron chi connectivity index (χ2n) is 4.99. The van der Waals surface area contributed by atoms with E-state index in [1.54, 1.807) is 12.1 Å². The van der Waals surface area contributed by atoms with Gasteiger partial charge in [-0.05, 0) is 35.4 Å². The van der Waals surface area contributed by atoms with Crippen LogP contribution in [0, 0.1) is 0 Å². The Morgan fingerprint density at radius 3 is 2.46 bits per heavy atom. The summed E-state index contributed by atoms with van der Waals surface area (Å²) in [6, 6.07) is 21.1. The third kappa shape index (κ3) is 4.33. The van der Waals surface area contributed by atoms with E-state index in [1.807, 2.05) is 54.6 Å². The Kier molecular flexibility index (Phi) is 5.04. The van der Waals surface area contributed by atoms with Crippen LogP contribution in [0.2, 0.25) is 0 Å². The van der Waals surface area contributed by atoms with E-state index in [9.17, 15) is 4.79 Å². The number of benzene rings is 2. The molecule has 0 aliphatic rings. The smallest absolute Gasteiger partial charge is 0.277 e. The number of nitrogens with one attached hydrogen (secondary N) is 1. The highest BCUT2D eigenvalue weighted by Gasteiger charge is 2.02. The van der Waals surface area contributed by atoms with Crippen molar-refractivity contribution in [2.75, 3.05) is 6.61 Å². The largest absolute Gasteiger partial charge is 0.484 e. The van der Waals surface area contributed by atoms with Crippen LogP contribution in [0.15, 0.2) is 82.5 Å². The summed E-state index contributed by atoms with van der Waals surface area (Å²) in [5.74, 6) is 0.845. The standard InChI is InChI=1S/C19H16N2O3/c22-19(21-20-13-18-7-4-12-23-18)14-24-17-10-8-16(9-11-17)15-5-2-1-3-6-15/h1-13H,14H2,(H,21,22). The molecule has 3 aromatic rings. The Morgan fingerprint density at radius 2 is 1.75 bits per heavy atom. The van der Waals surface area contributed by atoms with Gasteiger partial charge in [0.15, 0.2) is 6.61 Å². The van der Waals surface area contributed by atoms with Crippen LogP contribution in [0.3, 0.4) is 0 Å². The van der Waals surface area contributed by atoms with Crippen LogP contribution in [0.4, 0.5) is 0 Å². The number of rotatable bonds is 6. The Morgan fingerprint density at radius 1 is 1.00 bits per heavy atom. The Balaban J connectivity index is 1.48. The molecular formula is C19H16N2O3. The molecule has 0 saturated heterocycles. The van der Waals surface area contributed by atoms with Gasteiger partial charge in [0.1, 0.15) is 11.5 Å². The molecule has 2 aromatic carbocycles. The Bertz CT molecular complexity index is 794. The first-order chi connectivity index (χ1) is 11.8. The minimum Gasteiger partial charge on any atom is -0.484 e. The molecule has 5 heteroatoms. The molecule has 1 N–H and O–H groups in total. The van der Waals surface area contributed by atoms with Gasteiger partial charge in [-0.1, -0.05) is 42.5 Å². The third-order valence-corrected chi connectivity index (χ3v) is 3.26. The number of hydrogen-bond donors (Lipinski definition) is 1. The van der Waals surface area contributed by atoms with Crippen LogP contribution in [0.5, 0.6) is 5.75 Å². The molecule has 120 valence electrons. The molecular weight excluding hydrogens is 304 g/mol. The van der Waals surface area contributed by atoms with Gasteiger partial charge in [-0.25, -0.2) is 5.43 Å². The maximum atomic E-state index is 11.7. The summed E-state index contributed by atoms with van der Waals surface area (Å²) in [5.41, 5.74) is 4.60. The lowest BCUT2D eigenvalue weighted by Gasteiger charge is -2.06. The van der Waals surface area contributed by atoms with Crippen LogP contribution in [-0.2, 0) is 4.79 Å². The van der Waals surface area contributed by atoms with E-state index >= 15 is 0 Å². The minimum absolute atomic E-state index is 0.111. The normalized spacial score (nSPS) is 10.7. The van der Waals surface area contributed by atoms with E-state index in [0.29, 0.717) is 11.5 Å². The quantitative estimate of drug-likeness (QED) is 0.559. The SMILES string of the molecule is O=C(COc1ccc(-c2ccccc2)cc1)NN=Cc1ccco1.